The first-order valence-corrected chi connectivity index (χ1v) is 6.35. The van der Waals surface area contributed by atoms with Crippen LogP contribution in [0.2, 0.25) is 0 Å². The summed E-state index contributed by atoms with van der Waals surface area (Å²) in [5.41, 5.74) is 0.0504. The second-order valence-electron chi connectivity index (χ2n) is 4.54. The molecule has 0 aliphatic rings. The number of ether oxygens (including phenoxy) is 2. The first-order valence-electron chi connectivity index (χ1n) is 6.35. The number of esters is 2. The Morgan fingerprint density at radius 2 is 1.87 bits per heavy atom. The normalized spacial score (nSPS) is 10.6. The summed E-state index contributed by atoms with van der Waals surface area (Å²) >= 11 is 0. The molecule has 23 heavy (non-hydrogen) atoms. The summed E-state index contributed by atoms with van der Waals surface area (Å²) in [4.78, 5) is 48.0. The van der Waals surface area contributed by atoms with E-state index in [0.717, 1.165) is 14.2 Å². The highest BCUT2D eigenvalue weighted by Gasteiger charge is 2.35. The van der Waals surface area contributed by atoms with E-state index >= 15 is 0 Å². The van der Waals surface area contributed by atoms with Crippen LogP contribution < -0.4 is 0 Å². The van der Waals surface area contributed by atoms with Gasteiger partial charge in [-0.3, -0.25) is 24.5 Å². The molecule has 1 heterocycles. The average Bonchev–Trinajstić information content (AvgIpc) is 2.91. The Morgan fingerprint density at radius 1 is 1.26 bits per heavy atom. The summed E-state index contributed by atoms with van der Waals surface area (Å²) in [6.07, 6.45) is 0.457. The number of carbonyl (C=O) groups excluding carboxylic acids is 3. The molecular formula is C14H12N2O7. The number of nitrogens with one attached hydrogen (secondary N) is 1. The second-order valence-corrected chi connectivity index (χ2v) is 4.54. The summed E-state index contributed by atoms with van der Waals surface area (Å²) in [5, 5.41) is 11.2. The number of hydrogen-bond acceptors (Lipinski definition) is 7. The van der Waals surface area contributed by atoms with Gasteiger partial charge in [-0.2, -0.15) is 0 Å². The average molecular weight is 320 g/mol. The molecule has 0 atom stereocenters. The molecule has 9 nitrogen and oxygen atoms in total. The minimum absolute atomic E-state index is 0.0332. The molecule has 0 spiro atoms. The van der Waals surface area contributed by atoms with E-state index in [1.807, 2.05) is 0 Å². The van der Waals surface area contributed by atoms with Gasteiger partial charge in [0.15, 0.2) is 12.2 Å². The molecule has 0 bridgehead atoms. The van der Waals surface area contributed by atoms with Crippen LogP contribution in [-0.4, -0.2) is 42.4 Å². The Kier molecular flexibility index (Phi) is 4.39. The number of H-pyrrole nitrogens is 1. The second kappa shape index (κ2) is 6.26. The van der Waals surface area contributed by atoms with Crippen LogP contribution in [0, 0.1) is 10.1 Å². The van der Waals surface area contributed by atoms with Crippen molar-refractivity contribution < 1.29 is 28.8 Å². The van der Waals surface area contributed by atoms with Gasteiger partial charge in [0.2, 0.25) is 0 Å². The maximum absolute atomic E-state index is 11.9. The predicted molar refractivity (Wildman–Crippen MR) is 77.1 cm³/mol. The molecule has 0 unspecified atom stereocenters. The zero-order valence-electron chi connectivity index (χ0n) is 12.2. The number of benzene rings is 1. The van der Waals surface area contributed by atoms with E-state index in [1.165, 1.54) is 18.2 Å². The Hall–Kier alpha value is -3.23. The van der Waals surface area contributed by atoms with E-state index in [-0.39, 0.29) is 22.5 Å². The zero-order chi connectivity index (χ0) is 17.1. The van der Waals surface area contributed by atoms with Crippen molar-refractivity contribution in [3.8, 4) is 0 Å². The molecule has 9 heteroatoms. The number of aromatic amines is 1. The molecule has 0 fully saturated rings. The fourth-order valence-electron chi connectivity index (χ4n) is 2.26. The summed E-state index contributed by atoms with van der Waals surface area (Å²) < 4.78 is 9.13. The third-order valence-corrected chi connectivity index (χ3v) is 3.34. The van der Waals surface area contributed by atoms with Crippen molar-refractivity contribution in [2.75, 3.05) is 14.2 Å². The van der Waals surface area contributed by atoms with Gasteiger partial charge in [-0.05, 0) is 6.07 Å². The molecule has 120 valence electrons. The van der Waals surface area contributed by atoms with Crippen LogP contribution in [0.3, 0.4) is 0 Å². The van der Waals surface area contributed by atoms with Crippen molar-refractivity contribution in [2.24, 2.45) is 0 Å². The largest absolute Gasteiger partial charge is 0.468 e. The number of rotatable bonds is 5. The van der Waals surface area contributed by atoms with Gasteiger partial charge in [-0.15, -0.1) is 0 Å². The maximum atomic E-state index is 11.9. The molecule has 1 aromatic heterocycles. The van der Waals surface area contributed by atoms with Gasteiger partial charge in [0, 0.05) is 23.1 Å². The Morgan fingerprint density at radius 3 is 2.35 bits per heavy atom. The van der Waals surface area contributed by atoms with Crippen molar-refractivity contribution in [1.29, 1.82) is 0 Å². The molecule has 2 aromatic rings. The number of methoxy groups -OCH3 is 2. The summed E-state index contributed by atoms with van der Waals surface area (Å²) in [6, 6.07) is 3.79. The third-order valence-electron chi connectivity index (χ3n) is 3.34. The highest BCUT2D eigenvalue weighted by atomic mass is 16.6. The van der Waals surface area contributed by atoms with Crippen LogP contribution in [-0.2, 0) is 19.1 Å². The van der Waals surface area contributed by atoms with Gasteiger partial charge in [-0.1, -0.05) is 0 Å². The lowest BCUT2D eigenvalue weighted by Crippen LogP contribution is -2.25. The fourth-order valence-corrected chi connectivity index (χ4v) is 2.26. The number of fused-ring (bicyclic) bond motifs is 1. The van der Waals surface area contributed by atoms with Crippen LogP contribution in [0.4, 0.5) is 5.69 Å². The third kappa shape index (κ3) is 2.76. The van der Waals surface area contributed by atoms with Crippen LogP contribution in [0.1, 0.15) is 22.0 Å². The zero-order valence-corrected chi connectivity index (χ0v) is 12.2. The van der Waals surface area contributed by atoms with E-state index in [0.29, 0.717) is 11.7 Å². The standard InChI is InChI=1S/C14H12N2O7/c1-22-13(18)11(14(19)23-2)12-9(6-17)8-4-3-7(16(20)21)5-10(8)15-12/h3-6,11,15H,1-2H3. The fraction of sp³-hybridized carbons (Fsp3) is 0.214. The number of nitro groups is 1. The summed E-state index contributed by atoms with van der Waals surface area (Å²) in [5.74, 6) is -3.32. The minimum atomic E-state index is -1.49. The van der Waals surface area contributed by atoms with Gasteiger partial charge in [0.05, 0.1) is 30.4 Å². The molecule has 0 saturated heterocycles. The Bertz CT molecular complexity index is 793. The summed E-state index contributed by atoms with van der Waals surface area (Å²) in [6.45, 7) is 0. The number of aldehydes is 1. The number of aromatic nitrogens is 1. The highest BCUT2D eigenvalue weighted by Crippen LogP contribution is 2.30. The topological polar surface area (TPSA) is 129 Å². The minimum Gasteiger partial charge on any atom is -0.468 e. The number of hydrogen-bond donors (Lipinski definition) is 1. The number of nitrogens with zero attached hydrogens (tertiary/aromatic N) is 1. The predicted octanol–water partition coefficient (Wildman–Crippen LogP) is 1.32. The Labute approximate surface area is 129 Å². The molecule has 2 rings (SSSR count). The molecular weight excluding hydrogens is 308 g/mol. The monoisotopic (exact) mass is 320 g/mol. The lowest BCUT2D eigenvalue weighted by molar-refractivity contribution is -0.384. The molecule has 0 radical (unpaired) electrons. The quantitative estimate of drug-likeness (QED) is 0.289. The number of non-ortho nitro benzene ring substituents is 1. The Balaban J connectivity index is 2.71. The molecule has 1 aromatic carbocycles. The molecule has 0 amide bonds. The van der Waals surface area contributed by atoms with E-state index in [2.05, 4.69) is 14.5 Å². The first-order chi connectivity index (χ1) is 10.9. The molecule has 0 aliphatic heterocycles. The summed E-state index contributed by atoms with van der Waals surface area (Å²) in [7, 11) is 2.18. The lowest BCUT2D eigenvalue weighted by Gasteiger charge is -2.11. The SMILES string of the molecule is COC(=O)C(C(=O)OC)c1[nH]c2cc([N+](=O)[O-])ccc2c1C=O. The van der Waals surface area contributed by atoms with Gasteiger partial charge < -0.3 is 14.5 Å². The number of nitro benzene ring substituents is 1. The first kappa shape index (κ1) is 16.1. The van der Waals surface area contributed by atoms with Crippen LogP contribution >= 0.6 is 0 Å². The van der Waals surface area contributed by atoms with Gasteiger partial charge >= 0.3 is 11.9 Å². The van der Waals surface area contributed by atoms with E-state index in [9.17, 15) is 24.5 Å². The smallest absolute Gasteiger partial charge is 0.326 e. The van der Waals surface area contributed by atoms with Gasteiger partial charge in [-0.25, -0.2) is 0 Å². The van der Waals surface area contributed by atoms with Gasteiger partial charge in [0.25, 0.3) is 5.69 Å². The van der Waals surface area contributed by atoms with Gasteiger partial charge in [0.1, 0.15) is 0 Å². The van der Waals surface area contributed by atoms with Crippen molar-refractivity contribution >= 4 is 34.8 Å². The highest BCUT2D eigenvalue weighted by molar-refractivity contribution is 6.07. The van der Waals surface area contributed by atoms with Crippen molar-refractivity contribution in [1.82, 2.24) is 4.98 Å². The number of carbonyl (C=O) groups is 3. The van der Waals surface area contributed by atoms with Crippen LogP contribution in [0.15, 0.2) is 18.2 Å². The van der Waals surface area contributed by atoms with Crippen molar-refractivity contribution in [2.45, 2.75) is 5.92 Å². The van der Waals surface area contributed by atoms with E-state index in [4.69, 9.17) is 0 Å². The lowest BCUT2D eigenvalue weighted by atomic mass is 10.0. The van der Waals surface area contributed by atoms with Crippen molar-refractivity contribution in [3.63, 3.8) is 0 Å². The van der Waals surface area contributed by atoms with Crippen molar-refractivity contribution in [3.05, 3.63) is 39.6 Å². The van der Waals surface area contributed by atoms with E-state index < -0.39 is 22.8 Å². The molecule has 1 N–H and O–H groups in total. The molecule has 0 aliphatic carbocycles. The van der Waals surface area contributed by atoms with E-state index in [1.54, 1.807) is 0 Å². The van der Waals surface area contributed by atoms with Crippen LogP contribution in [0.25, 0.3) is 10.9 Å². The molecule has 0 saturated carbocycles. The maximum Gasteiger partial charge on any atom is 0.326 e. The van der Waals surface area contributed by atoms with Crippen LogP contribution in [0.5, 0.6) is 0 Å².